The molecule has 96 valence electrons. The molecule has 0 aliphatic rings. The number of alkyl halides is 3. The number of aromatic nitrogens is 2. The summed E-state index contributed by atoms with van der Waals surface area (Å²) in [5.74, 6) is -0.636. The predicted octanol–water partition coefficient (Wildman–Crippen LogP) is 3.37. The SMILES string of the molecule is Nc1cc(Br)c(F)cc1-n1cc(C(F)(F)F)cn1. The van der Waals surface area contributed by atoms with Gasteiger partial charge in [0.05, 0.1) is 27.6 Å². The van der Waals surface area contributed by atoms with E-state index in [1.165, 1.54) is 6.07 Å². The van der Waals surface area contributed by atoms with E-state index in [1.807, 2.05) is 0 Å². The number of anilines is 1. The van der Waals surface area contributed by atoms with Gasteiger partial charge in [0.1, 0.15) is 5.82 Å². The Kier molecular flexibility index (Phi) is 3.05. The van der Waals surface area contributed by atoms with Crippen LogP contribution in [0.5, 0.6) is 0 Å². The Morgan fingerprint density at radius 3 is 2.50 bits per heavy atom. The summed E-state index contributed by atoms with van der Waals surface area (Å²) in [6, 6.07) is 2.27. The largest absolute Gasteiger partial charge is 0.419 e. The lowest BCUT2D eigenvalue weighted by Gasteiger charge is -2.07. The quantitative estimate of drug-likeness (QED) is 0.646. The number of rotatable bonds is 1. The van der Waals surface area contributed by atoms with Crippen LogP contribution in [0.4, 0.5) is 23.2 Å². The molecular weight excluding hydrogens is 318 g/mol. The van der Waals surface area contributed by atoms with Crippen LogP contribution in [-0.4, -0.2) is 9.78 Å². The van der Waals surface area contributed by atoms with Crippen LogP contribution in [0.25, 0.3) is 5.69 Å². The van der Waals surface area contributed by atoms with Gasteiger partial charge in [-0.05, 0) is 22.0 Å². The number of hydrogen-bond acceptors (Lipinski definition) is 2. The van der Waals surface area contributed by atoms with E-state index in [9.17, 15) is 17.6 Å². The third-order valence-electron chi connectivity index (χ3n) is 2.23. The number of nitrogen functional groups attached to an aromatic ring is 1. The maximum Gasteiger partial charge on any atom is 0.419 e. The molecular formula is C10H6BrF4N3. The zero-order valence-corrected chi connectivity index (χ0v) is 10.3. The predicted molar refractivity (Wildman–Crippen MR) is 60.6 cm³/mol. The molecule has 0 atom stereocenters. The van der Waals surface area contributed by atoms with Crippen molar-refractivity contribution in [3.63, 3.8) is 0 Å². The molecule has 0 spiro atoms. The van der Waals surface area contributed by atoms with E-state index in [1.54, 1.807) is 0 Å². The highest BCUT2D eigenvalue weighted by molar-refractivity contribution is 9.10. The Morgan fingerprint density at radius 1 is 1.28 bits per heavy atom. The third kappa shape index (κ3) is 2.33. The molecule has 0 fully saturated rings. The van der Waals surface area contributed by atoms with Crippen molar-refractivity contribution in [3.05, 3.63) is 40.4 Å². The Bertz CT molecular complexity index is 591. The van der Waals surface area contributed by atoms with E-state index in [4.69, 9.17) is 5.73 Å². The lowest BCUT2D eigenvalue weighted by atomic mass is 10.2. The van der Waals surface area contributed by atoms with E-state index >= 15 is 0 Å². The van der Waals surface area contributed by atoms with Crippen LogP contribution in [0, 0.1) is 5.82 Å². The minimum absolute atomic E-state index is 0.0474. The first-order valence-corrected chi connectivity index (χ1v) is 5.45. The molecule has 2 N–H and O–H groups in total. The standard InChI is InChI=1S/C10H6BrF4N3/c11-6-1-8(16)9(2-7(6)12)18-4-5(3-17-18)10(13,14)15/h1-4H,16H2. The van der Waals surface area contributed by atoms with Crippen LogP contribution in [0.15, 0.2) is 29.0 Å². The minimum atomic E-state index is -4.50. The summed E-state index contributed by atoms with van der Waals surface area (Å²) in [7, 11) is 0. The summed E-state index contributed by atoms with van der Waals surface area (Å²) in [6.07, 6.45) is -3.10. The molecule has 0 radical (unpaired) electrons. The average Bonchev–Trinajstić information content (AvgIpc) is 2.72. The van der Waals surface area contributed by atoms with Crippen LogP contribution in [0.3, 0.4) is 0 Å². The molecule has 18 heavy (non-hydrogen) atoms. The molecule has 8 heteroatoms. The minimum Gasteiger partial charge on any atom is -0.397 e. The monoisotopic (exact) mass is 323 g/mol. The molecule has 0 aliphatic heterocycles. The summed E-state index contributed by atoms with van der Waals surface area (Å²) >= 11 is 2.93. The van der Waals surface area contributed by atoms with E-state index in [0.29, 0.717) is 6.20 Å². The summed E-state index contributed by atoms with van der Waals surface area (Å²) in [5, 5.41) is 3.52. The van der Waals surface area contributed by atoms with E-state index in [-0.39, 0.29) is 15.8 Å². The fraction of sp³-hybridized carbons (Fsp3) is 0.100. The highest BCUT2D eigenvalue weighted by atomic mass is 79.9. The van der Waals surface area contributed by atoms with Gasteiger partial charge in [-0.3, -0.25) is 0 Å². The second kappa shape index (κ2) is 4.27. The zero-order valence-electron chi connectivity index (χ0n) is 8.67. The summed E-state index contributed by atoms with van der Waals surface area (Å²) in [4.78, 5) is 0. The Hall–Kier alpha value is -1.57. The third-order valence-corrected chi connectivity index (χ3v) is 2.83. The second-order valence-corrected chi connectivity index (χ2v) is 4.35. The van der Waals surface area contributed by atoms with Crippen LogP contribution < -0.4 is 5.73 Å². The number of hydrogen-bond donors (Lipinski definition) is 1. The lowest BCUT2D eigenvalue weighted by molar-refractivity contribution is -0.137. The fourth-order valence-electron chi connectivity index (χ4n) is 1.35. The molecule has 1 heterocycles. The molecule has 0 bridgehead atoms. The molecule has 1 aromatic heterocycles. The number of nitrogens with two attached hydrogens (primary N) is 1. The fourth-order valence-corrected chi connectivity index (χ4v) is 1.71. The number of nitrogens with zero attached hydrogens (tertiary/aromatic N) is 2. The molecule has 1 aromatic carbocycles. The van der Waals surface area contributed by atoms with Gasteiger partial charge in [-0.25, -0.2) is 9.07 Å². The summed E-state index contributed by atoms with van der Waals surface area (Å²) < 4.78 is 51.5. The molecule has 0 unspecified atom stereocenters. The van der Waals surface area contributed by atoms with Crippen LogP contribution in [0.1, 0.15) is 5.56 Å². The molecule has 0 amide bonds. The van der Waals surface area contributed by atoms with Gasteiger partial charge < -0.3 is 5.73 Å². The first-order chi connectivity index (χ1) is 8.29. The van der Waals surface area contributed by atoms with Crippen molar-refractivity contribution in [3.8, 4) is 5.69 Å². The van der Waals surface area contributed by atoms with Gasteiger partial charge in [-0.1, -0.05) is 0 Å². The maximum atomic E-state index is 13.3. The number of benzene rings is 1. The molecule has 2 rings (SSSR count). The van der Waals surface area contributed by atoms with Crippen LogP contribution >= 0.6 is 15.9 Å². The van der Waals surface area contributed by atoms with Crippen LogP contribution in [-0.2, 0) is 6.18 Å². The Labute approximate surface area is 107 Å². The van der Waals surface area contributed by atoms with Gasteiger partial charge in [0, 0.05) is 12.3 Å². The molecule has 0 saturated heterocycles. The molecule has 2 aromatic rings. The Morgan fingerprint density at radius 2 is 1.94 bits per heavy atom. The normalized spacial score (nSPS) is 11.8. The van der Waals surface area contributed by atoms with E-state index < -0.39 is 17.6 Å². The van der Waals surface area contributed by atoms with Gasteiger partial charge in [-0.15, -0.1) is 0 Å². The van der Waals surface area contributed by atoms with Crippen molar-refractivity contribution in [1.82, 2.24) is 9.78 Å². The van der Waals surface area contributed by atoms with Gasteiger partial charge in [0.15, 0.2) is 0 Å². The Balaban J connectivity index is 2.50. The van der Waals surface area contributed by atoms with Gasteiger partial charge in [-0.2, -0.15) is 18.3 Å². The van der Waals surface area contributed by atoms with E-state index in [2.05, 4.69) is 21.0 Å². The lowest BCUT2D eigenvalue weighted by Crippen LogP contribution is -2.04. The van der Waals surface area contributed by atoms with Crippen molar-refractivity contribution < 1.29 is 17.6 Å². The van der Waals surface area contributed by atoms with Gasteiger partial charge in [0.2, 0.25) is 0 Å². The zero-order chi connectivity index (χ0) is 13.5. The topological polar surface area (TPSA) is 43.8 Å². The van der Waals surface area contributed by atoms with E-state index in [0.717, 1.165) is 16.9 Å². The summed E-state index contributed by atoms with van der Waals surface area (Å²) in [5.41, 5.74) is 4.83. The summed E-state index contributed by atoms with van der Waals surface area (Å²) in [6.45, 7) is 0. The van der Waals surface area contributed by atoms with Crippen molar-refractivity contribution >= 4 is 21.6 Å². The second-order valence-electron chi connectivity index (χ2n) is 3.50. The van der Waals surface area contributed by atoms with Gasteiger partial charge >= 0.3 is 6.18 Å². The smallest absolute Gasteiger partial charge is 0.397 e. The first-order valence-electron chi connectivity index (χ1n) is 4.66. The van der Waals surface area contributed by atoms with Gasteiger partial charge in [0.25, 0.3) is 0 Å². The highest BCUT2D eigenvalue weighted by Crippen LogP contribution is 2.30. The van der Waals surface area contributed by atoms with Crippen molar-refractivity contribution in [1.29, 1.82) is 0 Å². The van der Waals surface area contributed by atoms with Crippen molar-refractivity contribution in [2.75, 3.05) is 5.73 Å². The van der Waals surface area contributed by atoms with Crippen molar-refractivity contribution in [2.24, 2.45) is 0 Å². The number of halogens is 5. The molecule has 3 nitrogen and oxygen atoms in total. The first kappa shape index (κ1) is 12.9. The average molecular weight is 324 g/mol. The van der Waals surface area contributed by atoms with Crippen molar-refractivity contribution in [2.45, 2.75) is 6.18 Å². The molecule has 0 saturated carbocycles. The highest BCUT2D eigenvalue weighted by Gasteiger charge is 2.32. The van der Waals surface area contributed by atoms with Crippen LogP contribution in [0.2, 0.25) is 0 Å². The maximum absolute atomic E-state index is 13.3. The molecule has 0 aliphatic carbocycles.